The van der Waals surface area contributed by atoms with E-state index in [0.29, 0.717) is 12.1 Å². The number of nitrogens with two attached hydrogens (primary N) is 1. The van der Waals surface area contributed by atoms with Gasteiger partial charge >= 0.3 is 0 Å². The van der Waals surface area contributed by atoms with E-state index in [0.717, 1.165) is 25.8 Å². The summed E-state index contributed by atoms with van der Waals surface area (Å²) in [7, 11) is 4.06. The smallest absolute Gasteiger partial charge is 0.239 e. The maximum absolute atomic E-state index is 12.3. The van der Waals surface area contributed by atoms with Crippen molar-refractivity contribution in [1.82, 2.24) is 9.80 Å². The second-order valence-corrected chi connectivity index (χ2v) is 5.87. The summed E-state index contributed by atoms with van der Waals surface area (Å²) in [5.74, 6) is 0.356. The van der Waals surface area contributed by atoms with Crippen LogP contribution in [0.3, 0.4) is 0 Å². The van der Waals surface area contributed by atoms with E-state index in [9.17, 15) is 4.79 Å². The molecule has 0 bridgehead atoms. The first-order valence-corrected chi connectivity index (χ1v) is 7.10. The average molecular weight is 328 g/mol. The largest absolute Gasteiger partial charge is 0.341 e. The van der Waals surface area contributed by atoms with Crippen LogP contribution in [0.4, 0.5) is 0 Å². The molecule has 4 atom stereocenters. The third-order valence-electron chi connectivity index (χ3n) is 4.62. The number of hydrogen-bond donors (Lipinski definition) is 1. The number of halogens is 2. The van der Waals surface area contributed by atoms with Gasteiger partial charge < -0.3 is 15.5 Å². The van der Waals surface area contributed by atoms with E-state index in [1.54, 1.807) is 0 Å². The Morgan fingerprint density at radius 2 is 2.00 bits per heavy atom. The predicted molar refractivity (Wildman–Crippen MR) is 89.8 cm³/mol. The molecule has 0 spiro atoms. The number of carbonyl (C=O) groups excluding carboxylic acids is 1. The second-order valence-electron chi connectivity index (χ2n) is 5.87. The van der Waals surface area contributed by atoms with Crippen LogP contribution in [0, 0.1) is 5.92 Å². The monoisotopic (exact) mass is 327 g/mol. The van der Waals surface area contributed by atoms with Crippen LogP contribution in [0.5, 0.6) is 0 Å². The van der Waals surface area contributed by atoms with Gasteiger partial charge in [0, 0.05) is 25.7 Å². The molecule has 6 heteroatoms. The predicted octanol–water partition coefficient (Wildman–Crippen LogP) is 2.14. The molecule has 1 aliphatic rings. The van der Waals surface area contributed by atoms with E-state index in [4.69, 9.17) is 5.73 Å². The normalized spacial score (nSPS) is 25.9. The van der Waals surface area contributed by atoms with Crippen LogP contribution in [0.1, 0.15) is 40.0 Å². The lowest BCUT2D eigenvalue weighted by atomic mass is 9.94. The topological polar surface area (TPSA) is 49.6 Å². The van der Waals surface area contributed by atoms with Crippen molar-refractivity contribution < 1.29 is 4.79 Å². The molecular formula is C14H31Cl2N3O. The molecular weight excluding hydrogens is 297 g/mol. The van der Waals surface area contributed by atoms with Crippen molar-refractivity contribution in [2.75, 3.05) is 20.6 Å². The van der Waals surface area contributed by atoms with E-state index in [1.807, 2.05) is 18.9 Å². The number of likely N-dealkylation sites (N-methyl/N-ethyl adjacent to an activating group) is 1. The number of amides is 1. The fraction of sp³-hybridized carbons (Fsp3) is 0.929. The van der Waals surface area contributed by atoms with E-state index in [1.165, 1.54) is 0 Å². The Morgan fingerprint density at radius 3 is 2.45 bits per heavy atom. The minimum atomic E-state index is -0.352. The van der Waals surface area contributed by atoms with E-state index >= 15 is 0 Å². The van der Waals surface area contributed by atoms with Crippen LogP contribution >= 0.6 is 24.8 Å². The zero-order chi connectivity index (χ0) is 13.9. The molecule has 20 heavy (non-hydrogen) atoms. The molecule has 1 fully saturated rings. The van der Waals surface area contributed by atoms with Crippen molar-refractivity contribution in [3.05, 3.63) is 0 Å². The van der Waals surface area contributed by atoms with Crippen LogP contribution < -0.4 is 5.73 Å². The molecule has 1 heterocycles. The lowest BCUT2D eigenvalue weighted by Gasteiger charge is -2.40. The van der Waals surface area contributed by atoms with Gasteiger partial charge in [-0.1, -0.05) is 20.3 Å². The first kappa shape index (κ1) is 22.3. The third kappa shape index (κ3) is 5.40. The molecule has 2 N–H and O–H groups in total. The zero-order valence-corrected chi connectivity index (χ0v) is 15.0. The van der Waals surface area contributed by atoms with Crippen molar-refractivity contribution >= 4 is 30.7 Å². The third-order valence-corrected chi connectivity index (χ3v) is 4.62. The maximum Gasteiger partial charge on any atom is 0.239 e. The van der Waals surface area contributed by atoms with Crippen molar-refractivity contribution in [3.8, 4) is 0 Å². The fourth-order valence-electron chi connectivity index (χ4n) is 2.53. The summed E-state index contributed by atoms with van der Waals surface area (Å²) in [4.78, 5) is 16.6. The van der Waals surface area contributed by atoms with Gasteiger partial charge in [0.25, 0.3) is 0 Å². The molecule has 0 aromatic heterocycles. The average Bonchev–Trinajstić information content (AvgIpc) is 2.38. The molecule has 0 aliphatic carbocycles. The van der Waals surface area contributed by atoms with Gasteiger partial charge in [-0.05, 0) is 32.7 Å². The molecule has 1 amide bonds. The first-order chi connectivity index (χ1) is 8.38. The highest BCUT2D eigenvalue weighted by Gasteiger charge is 2.31. The van der Waals surface area contributed by atoms with Crippen LogP contribution in [0.2, 0.25) is 0 Å². The number of rotatable bonds is 4. The van der Waals surface area contributed by atoms with E-state index < -0.39 is 0 Å². The molecule has 122 valence electrons. The summed E-state index contributed by atoms with van der Waals surface area (Å²) in [6.07, 6.45) is 3.05. The van der Waals surface area contributed by atoms with Crippen LogP contribution in [0.15, 0.2) is 0 Å². The van der Waals surface area contributed by atoms with Crippen LogP contribution in [-0.2, 0) is 4.79 Å². The molecule has 1 aliphatic heterocycles. The minimum Gasteiger partial charge on any atom is -0.341 e. The van der Waals surface area contributed by atoms with Crippen molar-refractivity contribution in [3.63, 3.8) is 0 Å². The molecule has 1 saturated heterocycles. The Bertz CT molecular complexity index is 292. The first-order valence-electron chi connectivity index (χ1n) is 7.10. The SMILES string of the molecule is CCC(C)C(N)C(=O)N(C)C1CCN(C)C(C)C1.Cl.Cl. The van der Waals surface area contributed by atoms with Crippen molar-refractivity contribution in [1.29, 1.82) is 0 Å². The molecule has 0 aromatic rings. The van der Waals surface area contributed by atoms with Gasteiger partial charge in [-0.3, -0.25) is 4.79 Å². The van der Waals surface area contributed by atoms with Crippen LogP contribution in [-0.4, -0.2) is 54.5 Å². The van der Waals surface area contributed by atoms with Gasteiger partial charge in [0.2, 0.25) is 5.91 Å². The Balaban J connectivity index is 0. The quantitative estimate of drug-likeness (QED) is 0.860. The number of piperidine rings is 1. The molecule has 0 saturated carbocycles. The molecule has 4 unspecified atom stereocenters. The maximum atomic E-state index is 12.3. The zero-order valence-electron chi connectivity index (χ0n) is 13.3. The number of carbonyl (C=O) groups is 1. The summed E-state index contributed by atoms with van der Waals surface area (Å²) in [6.45, 7) is 7.41. The molecule has 4 nitrogen and oxygen atoms in total. The van der Waals surface area contributed by atoms with E-state index in [-0.39, 0.29) is 42.7 Å². The molecule has 1 rings (SSSR count). The summed E-state index contributed by atoms with van der Waals surface area (Å²) in [5, 5.41) is 0. The van der Waals surface area contributed by atoms with Crippen LogP contribution in [0.25, 0.3) is 0 Å². The van der Waals surface area contributed by atoms with Crippen molar-refractivity contribution in [2.45, 2.75) is 58.2 Å². The fourth-order valence-corrected chi connectivity index (χ4v) is 2.53. The lowest BCUT2D eigenvalue weighted by Crippen LogP contribution is -2.53. The Labute approximate surface area is 136 Å². The highest BCUT2D eigenvalue weighted by atomic mass is 35.5. The standard InChI is InChI=1S/C14H29N3O.2ClH/c1-6-10(2)13(15)14(18)17(5)12-7-8-16(4)11(3)9-12;;/h10-13H,6-9,15H2,1-5H3;2*1H. The number of nitrogens with zero attached hydrogens (tertiary/aromatic N) is 2. The van der Waals surface area contributed by atoms with Gasteiger partial charge in [-0.2, -0.15) is 0 Å². The van der Waals surface area contributed by atoms with Gasteiger partial charge in [-0.15, -0.1) is 24.8 Å². The summed E-state index contributed by atoms with van der Waals surface area (Å²) in [6, 6.07) is 0.535. The summed E-state index contributed by atoms with van der Waals surface area (Å²) in [5.41, 5.74) is 6.04. The van der Waals surface area contributed by atoms with Gasteiger partial charge in [0.15, 0.2) is 0 Å². The Kier molecular flexibility index (Phi) is 10.9. The second kappa shape index (κ2) is 9.82. The summed E-state index contributed by atoms with van der Waals surface area (Å²) < 4.78 is 0. The van der Waals surface area contributed by atoms with Gasteiger partial charge in [0.05, 0.1) is 6.04 Å². The van der Waals surface area contributed by atoms with Crippen molar-refractivity contribution in [2.24, 2.45) is 11.7 Å². The Hall–Kier alpha value is -0.0300. The highest BCUT2D eigenvalue weighted by Crippen LogP contribution is 2.21. The highest BCUT2D eigenvalue weighted by molar-refractivity contribution is 5.85. The molecule has 0 radical (unpaired) electrons. The molecule has 0 aromatic carbocycles. The summed E-state index contributed by atoms with van der Waals surface area (Å²) >= 11 is 0. The number of likely N-dealkylation sites (tertiary alicyclic amines) is 1. The lowest BCUT2D eigenvalue weighted by molar-refractivity contribution is -0.135. The Morgan fingerprint density at radius 1 is 1.45 bits per heavy atom. The number of hydrogen-bond acceptors (Lipinski definition) is 3. The van der Waals surface area contributed by atoms with E-state index in [2.05, 4.69) is 25.8 Å². The minimum absolute atomic E-state index is 0. The van der Waals surface area contributed by atoms with Gasteiger partial charge in [0.1, 0.15) is 0 Å². The van der Waals surface area contributed by atoms with Gasteiger partial charge in [-0.25, -0.2) is 0 Å².